The number of nitrogens with one attached hydrogen (secondary N) is 1. The lowest BCUT2D eigenvalue weighted by atomic mass is 10.0. The van der Waals surface area contributed by atoms with Gasteiger partial charge in [-0.2, -0.15) is 0 Å². The van der Waals surface area contributed by atoms with Gasteiger partial charge in [-0.15, -0.1) is 0 Å². The number of oxazole rings is 1. The molecule has 0 radical (unpaired) electrons. The van der Waals surface area contributed by atoms with E-state index in [1.54, 1.807) is 0 Å². The molecule has 1 aromatic heterocycles. The third-order valence-corrected chi connectivity index (χ3v) is 2.99. The SMILES string of the molecule is CNCCCc1cnc(C2CCOCC2)o1. The second kappa shape index (κ2) is 6.01. The lowest BCUT2D eigenvalue weighted by Crippen LogP contribution is -2.14. The lowest BCUT2D eigenvalue weighted by molar-refractivity contribution is 0.0791. The molecule has 0 aliphatic carbocycles. The van der Waals surface area contributed by atoms with Gasteiger partial charge < -0.3 is 14.5 Å². The van der Waals surface area contributed by atoms with E-state index in [-0.39, 0.29) is 0 Å². The molecule has 1 fully saturated rings. The average Bonchev–Trinajstić information content (AvgIpc) is 2.79. The molecular formula is C12H20N2O2. The molecule has 0 amide bonds. The second-order valence-corrected chi connectivity index (χ2v) is 4.26. The molecule has 0 atom stereocenters. The van der Waals surface area contributed by atoms with E-state index >= 15 is 0 Å². The standard InChI is InChI=1S/C12H20N2O2/c1-13-6-2-3-11-9-14-12(16-11)10-4-7-15-8-5-10/h9-10,13H,2-8H2,1H3. The number of ether oxygens (including phenoxy) is 1. The van der Waals surface area contributed by atoms with Crippen molar-refractivity contribution in [1.29, 1.82) is 0 Å². The summed E-state index contributed by atoms with van der Waals surface area (Å²) in [5.74, 6) is 2.38. The van der Waals surface area contributed by atoms with Crippen LogP contribution in [0, 0.1) is 0 Å². The number of rotatable bonds is 5. The van der Waals surface area contributed by atoms with Crippen LogP contribution in [0.5, 0.6) is 0 Å². The number of aromatic nitrogens is 1. The highest BCUT2D eigenvalue weighted by Crippen LogP contribution is 2.26. The van der Waals surface area contributed by atoms with Crippen molar-refractivity contribution >= 4 is 0 Å². The maximum Gasteiger partial charge on any atom is 0.197 e. The summed E-state index contributed by atoms with van der Waals surface area (Å²) in [5.41, 5.74) is 0. The summed E-state index contributed by atoms with van der Waals surface area (Å²) in [4.78, 5) is 4.38. The fourth-order valence-corrected chi connectivity index (χ4v) is 2.01. The minimum atomic E-state index is 0.465. The van der Waals surface area contributed by atoms with Crippen molar-refractivity contribution < 1.29 is 9.15 Å². The first-order valence-electron chi connectivity index (χ1n) is 6.07. The van der Waals surface area contributed by atoms with Crippen LogP contribution in [-0.2, 0) is 11.2 Å². The molecule has 0 spiro atoms. The Morgan fingerprint density at radius 3 is 3.00 bits per heavy atom. The van der Waals surface area contributed by atoms with Gasteiger partial charge in [-0.1, -0.05) is 0 Å². The highest BCUT2D eigenvalue weighted by molar-refractivity contribution is 5.00. The Morgan fingerprint density at radius 1 is 1.44 bits per heavy atom. The average molecular weight is 224 g/mol. The molecule has 1 aromatic rings. The quantitative estimate of drug-likeness (QED) is 0.774. The first kappa shape index (κ1) is 11.6. The van der Waals surface area contributed by atoms with Crippen molar-refractivity contribution in [2.45, 2.75) is 31.6 Å². The third kappa shape index (κ3) is 3.06. The van der Waals surface area contributed by atoms with Crippen LogP contribution in [0.15, 0.2) is 10.6 Å². The van der Waals surface area contributed by atoms with Gasteiger partial charge in [-0.3, -0.25) is 0 Å². The molecule has 1 aliphatic rings. The van der Waals surface area contributed by atoms with Gasteiger partial charge in [0.15, 0.2) is 5.89 Å². The van der Waals surface area contributed by atoms with Crippen LogP contribution in [0.3, 0.4) is 0 Å². The Morgan fingerprint density at radius 2 is 2.25 bits per heavy atom. The molecular weight excluding hydrogens is 204 g/mol. The Labute approximate surface area is 96.4 Å². The molecule has 16 heavy (non-hydrogen) atoms. The van der Waals surface area contributed by atoms with Crippen LogP contribution >= 0.6 is 0 Å². The van der Waals surface area contributed by atoms with Gasteiger partial charge in [0.2, 0.25) is 0 Å². The van der Waals surface area contributed by atoms with E-state index in [9.17, 15) is 0 Å². The second-order valence-electron chi connectivity index (χ2n) is 4.26. The Bertz CT molecular complexity index is 306. The van der Waals surface area contributed by atoms with Gasteiger partial charge in [-0.05, 0) is 32.9 Å². The maximum atomic E-state index is 5.78. The minimum absolute atomic E-state index is 0.465. The predicted octanol–water partition coefficient (Wildman–Crippen LogP) is 1.72. The highest BCUT2D eigenvalue weighted by Gasteiger charge is 2.20. The Kier molecular flexibility index (Phi) is 4.36. The molecule has 0 unspecified atom stereocenters. The predicted molar refractivity (Wildman–Crippen MR) is 61.5 cm³/mol. The zero-order chi connectivity index (χ0) is 11.2. The number of hydrogen-bond donors (Lipinski definition) is 1. The van der Waals surface area contributed by atoms with Crippen LogP contribution in [-0.4, -0.2) is 31.8 Å². The molecule has 1 saturated heterocycles. The zero-order valence-electron chi connectivity index (χ0n) is 9.87. The third-order valence-electron chi connectivity index (χ3n) is 2.99. The van der Waals surface area contributed by atoms with Gasteiger partial charge in [-0.25, -0.2) is 4.98 Å². The van der Waals surface area contributed by atoms with Crippen LogP contribution < -0.4 is 5.32 Å². The summed E-state index contributed by atoms with van der Waals surface area (Å²) in [6.07, 6.45) is 6.02. The van der Waals surface area contributed by atoms with Crippen LogP contribution in [0.4, 0.5) is 0 Å². The Balaban J connectivity index is 1.85. The molecule has 1 aliphatic heterocycles. The summed E-state index contributed by atoms with van der Waals surface area (Å²) < 4.78 is 11.1. The van der Waals surface area contributed by atoms with E-state index in [0.717, 1.165) is 57.1 Å². The van der Waals surface area contributed by atoms with Crippen LogP contribution in [0.2, 0.25) is 0 Å². The summed E-state index contributed by atoms with van der Waals surface area (Å²) in [5, 5.41) is 3.13. The number of nitrogens with zero attached hydrogens (tertiary/aromatic N) is 1. The topological polar surface area (TPSA) is 47.3 Å². The van der Waals surface area contributed by atoms with Gasteiger partial charge in [0, 0.05) is 25.6 Å². The molecule has 2 heterocycles. The molecule has 0 saturated carbocycles. The van der Waals surface area contributed by atoms with E-state index in [0.29, 0.717) is 5.92 Å². The van der Waals surface area contributed by atoms with Gasteiger partial charge >= 0.3 is 0 Å². The zero-order valence-corrected chi connectivity index (χ0v) is 9.87. The van der Waals surface area contributed by atoms with Crippen molar-refractivity contribution in [3.05, 3.63) is 17.8 Å². The van der Waals surface area contributed by atoms with E-state index in [2.05, 4.69) is 10.3 Å². The van der Waals surface area contributed by atoms with E-state index in [1.165, 1.54) is 0 Å². The first-order chi connectivity index (χ1) is 7.90. The number of aryl methyl sites for hydroxylation is 1. The maximum absolute atomic E-state index is 5.78. The van der Waals surface area contributed by atoms with Gasteiger partial charge in [0.25, 0.3) is 0 Å². The van der Waals surface area contributed by atoms with Gasteiger partial charge in [0.1, 0.15) is 5.76 Å². The molecule has 0 aromatic carbocycles. The van der Waals surface area contributed by atoms with Crippen molar-refractivity contribution in [3.63, 3.8) is 0 Å². The van der Waals surface area contributed by atoms with E-state index in [4.69, 9.17) is 9.15 Å². The molecule has 4 nitrogen and oxygen atoms in total. The molecule has 1 N–H and O–H groups in total. The number of hydrogen-bond acceptors (Lipinski definition) is 4. The van der Waals surface area contributed by atoms with Crippen molar-refractivity contribution in [3.8, 4) is 0 Å². The summed E-state index contributed by atoms with van der Waals surface area (Å²) in [6, 6.07) is 0. The van der Waals surface area contributed by atoms with Crippen LogP contribution in [0.1, 0.15) is 36.8 Å². The lowest BCUT2D eigenvalue weighted by Gasteiger charge is -2.18. The smallest absolute Gasteiger partial charge is 0.197 e. The van der Waals surface area contributed by atoms with Crippen molar-refractivity contribution in [2.24, 2.45) is 0 Å². The first-order valence-corrected chi connectivity index (χ1v) is 6.07. The summed E-state index contributed by atoms with van der Waals surface area (Å²) >= 11 is 0. The molecule has 90 valence electrons. The monoisotopic (exact) mass is 224 g/mol. The van der Waals surface area contributed by atoms with E-state index < -0.39 is 0 Å². The summed E-state index contributed by atoms with van der Waals surface area (Å²) in [7, 11) is 1.97. The highest BCUT2D eigenvalue weighted by atomic mass is 16.5. The summed E-state index contributed by atoms with van der Waals surface area (Å²) in [6.45, 7) is 2.69. The fourth-order valence-electron chi connectivity index (χ4n) is 2.01. The van der Waals surface area contributed by atoms with Crippen LogP contribution in [0.25, 0.3) is 0 Å². The van der Waals surface area contributed by atoms with Crippen molar-refractivity contribution in [1.82, 2.24) is 10.3 Å². The molecule has 2 rings (SSSR count). The van der Waals surface area contributed by atoms with Gasteiger partial charge in [0.05, 0.1) is 6.20 Å². The van der Waals surface area contributed by atoms with Crippen molar-refractivity contribution in [2.75, 3.05) is 26.8 Å². The molecule has 0 bridgehead atoms. The van der Waals surface area contributed by atoms with E-state index in [1.807, 2.05) is 13.2 Å². The molecule has 4 heteroatoms. The fraction of sp³-hybridized carbons (Fsp3) is 0.750. The minimum Gasteiger partial charge on any atom is -0.445 e. The Hall–Kier alpha value is -0.870. The normalized spacial score (nSPS) is 17.8. The largest absolute Gasteiger partial charge is 0.445 e.